The molecule has 1 saturated heterocycles. The van der Waals surface area contributed by atoms with Gasteiger partial charge in [-0.05, 0) is 55.4 Å². The molecule has 1 atom stereocenters. The first-order chi connectivity index (χ1) is 11.2. The lowest BCUT2D eigenvalue weighted by atomic mass is 10.1. The van der Waals surface area contributed by atoms with E-state index >= 15 is 0 Å². The number of nitrogens with zero attached hydrogens (tertiary/aromatic N) is 1. The number of nitrogens with one attached hydrogen (secondary N) is 1. The molecule has 1 aliphatic heterocycles. The minimum Gasteiger partial charge on any atom is -0.354 e. The zero-order chi connectivity index (χ0) is 16.1. The Morgan fingerprint density at radius 3 is 2.70 bits per heavy atom. The largest absolute Gasteiger partial charge is 0.354 e. The third-order valence-electron chi connectivity index (χ3n) is 4.56. The molecule has 1 aromatic heterocycles. The van der Waals surface area contributed by atoms with E-state index in [-0.39, 0.29) is 5.91 Å². The Kier molecular flexibility index (Phi) is 5.47. The highest BCUT2D eigenvalue weighted by Gasteiger charge is 2.24. The van der Waals surface area contributed by atoms with E-state index in [0.717, 1.165) is 18.7 Å². The number of hydrogen-bond acceptors (Lipinski definition) is 3. The van der Waals surface area contributed by atoms with Crippen LogP contribution in [0.15, 0.2) is 41.8 Å². The number of thiophene rings is 1. The van der Waals surface area contributed by atoms with Crippen molar-refractivity contribution >= 4 is 17.2 Å². The molecule has 1 amide bonds. The third-order valence-corrected chi connectivity index (χ3v) is 5.53. The van der Waals surface area contributed by atoms with Gasteiger partial charge in [-0.3, -0.25) is 9.69 Å². The van der Waals surface area contributed by atoms with Crippen molar-refractivity contribution < 1.29 is 4.79 Å². The van der Waals surface area contributed by atoms with E-state index in [1.165, 1.54) is 23.3 Å². The summed E-state index contributed by atoms with van der Waals surface area (Å²) in [7, 11) is 0. The van der Waals surface area contributed by atoms with Crippen molar-refractivity contribution in [1.82, 2.24) is 10.2 Å². The van der Waals surface area contributed by atoms with E-state index < -0.39 is 0 Å². The van der Waals surface area contributed by atoms with Gasteiger partial charge in [0.05, 0.1) is 12.5 Å². The summed E-state index contributed by atoms with van der Waals surface area (Å²) in [6, 6.07) is 12.7. The Labute approximate surface area is 142 Å². The Hall–Kier alpha value is -1.65. The SMILES string of the molecule is Cc1ccccc1CC(=O)NCC(c1cccs1)N1CCCC1. The Balaban J connectivity index is 1.60. The lowest BCUT2D eigenvalue weighted by Crippen LogP contribution is -2.37. The van der Waals surface area contributed by atoms with Crippen LogP contribution in [0, 0.1) is 6.92 Å². The molecule has 0 saturated carbocycles. The molecule has 1 aliphatic rings. The van der Waals surface area contributed by atoms with Gasteiger partial charge in [-0.2, -0.15) is 0 Å². The summed E-state index contributed by atoms with van der Waals surface area (Å²) < 4.78 is 0. The summed E-state index contributed by atoms with van der Waals surface area (Å²) in [5, 5.41) is 5.27. The van der Waals surface area contributed by atoms with Gasteiger partial charge in [-0.25, -0.2) is 0 Å². The van der Waals surface area contributed by atoms with E-state index in [4.69, 9.17) is 0 Å². The van der Waals surface area contributed by atoms with Gasteiger partial charge in [-0.1, -0.05) is 30.3 Å². The second-order valence-electron chi connectivity index (χ2n) is 6.18. The van der Waals surface area contributed by atoms with Crippen LogP contribution in [0.5, 0.6) is 0 Å². The van der Waals surface area contributed by atoms with Crippen molar-refractivity contribution in [2.24, 2.45) is 0 Å². The topological polar surface area (TPSA) is 32.3 Å². The van der Waals surface area contributed by atoms with Gasteiger partial charge < -0.3 is 5.32 Å². The lowest BCUT2D eigenvalue weighted by Gasteiger charge is -2.27. The predicted octanol–water partition coefficient (Wildman–Crippen LogP) is 3.55. The molecule has 0 aliphatic carbocycles. The monoisotopic (exact) mass is 328 g/mol. The van der Waals surface area contributed by atoms with Gasteiger partial charge in [0.15, 0.2) is 0 Å². The zero-order valence-electron chi connectivity index (χ0n) is 13.6. The average Bonchev–Trinajstić information content (AvgIpc) is 3.23. The standard InChI is InChI=1S/C19H24N2OS/c1-15-7-2-3-8-16(15)13-19(22)20-14-17(18-9-6-12-23-18)21-10-4-5-11-21/h2-3,6-9,12,17H,4-5,10-11,13-14H2,1H3,(H,20,22). The number of aryl methyl sites for hydroxylation is 1. The number of amides is 1. The summed E-state index contributed by atoms with van der Waals surface area (Å²) >= 11 is 1.78. The Bertz CT molecular complexity index is 633. The second kappa shape index (κ2) is 7.75. The number of carbonyl (C=O) groups excluding carboxylic acids is 1. The van der Waals surface area contributed by atoms with Gasteiger partial charge in [0.25, 0.3) is 0 Å². The minimum atomic E-state index is 0.111. The average molecular weight is 328 g/mol. The fourth-order valence-electron chi connectivity index (χ4n) is 3.20. The molecule has 122 valence electrons. The van der Waals surface area contributed by atoms with E-state index in [1.54, 1.807) is 11.3 Å². The quantitative estimate of drug-likeness (QED) is 0.879. The number of carbonyl (C=O) groups is 1. The van der Waals surface area contributed by atoms with Crippen molar-refractivity contribution in [3.05, 3.63) is 57.8 Å². The molecule has 3 rings (SSSR count). The normalized spacial score (nSPS) is 16.4. The smallest absolute Gasteiger partial charge is 0.224 e. The van der Waals surface area contributed by atoms with Crippen LogP contribution in [0.4, 0.5) is 0 Å². The zero-order valence-corrected chi connectivity index (χ0v) is 14.4. The molecule has 23 heavy (non-hydrogen) atoms. The van der Waals surface area contributed by atoms with Crippen LogP contribution in [0.2, 0.25) is 0 Å². The summed E-state index contributed by atoms with van der Waals surface area (Å²) in [4.78, 5) is 16.2. The number of benzene rings is 1. The Morgan fingerprint density at radius 1 is 1.22 bits per heavy atom. The van der Waals surface area contributed by atoms with Crippen molar-refractivity contribution in [3.8, 4) is 0 Å². The fourth-order valence-corrected chi connectivity index (χ4v) is 4.06. The van der Waals surface area contributed by atoms with Crippen molar-refractivity contribution in [2.75, 3.05) is 19.6 Å². The first-order valence-electron chi connectivity index (χ1n) is 8.32. The van der Waals surface area contributed by atoms with Crippen LogP contribution < -0.4 is 5.32 Å². The highest BCUT2D eigenvalue weighted by molar-refractivity contribution is 7.10. The summed E-state index contributed by atoms with van der Waals surface area (Å²) in [6.07, 6.45) is 2.99. The molecule has 1 unspecified atom stereocenters. The molecule has 1 fully saturated rings. The maximum atomic E-state index is 12.3. The molecule has 2 heterocycles. The minimum absolute atomic E-state index is 0.111. The first kappa shape index (κ1) is 16.2. The van der Waals surface area contributed by atoms with E-state index in [0.29, 0.717) is 19.0 Å². The molecule has 0 radical (unpaired) electrons. The highest BCUT2D eigenvalue weighted by Crippen LogP contribution is 2.27. The summed E-state index contributed by atoms with van der Waals surface area (Å²) in [5.41, 5.74) is 2.29. The fraction of sp³-hybridized carbons (Fsp3) is 0.421. The van der Waals surface area contributed by atoms with Crippen molar-refractivity contribution in [1.29, 1.82) is 0 Å². The molecule has 2 aromatic rings. The van der Waals surface area contributed by atoms with Crippen LogP contribution in [0.3, 0.4) is 0 Å². The maximum absolute atomic E-state index is 12.3. The summed E-state index contributed by atoms with van der Waals surface area (Å²) in [5.74, 6) is 0.111. The van der Waals surface area contributed by atoms with Gasteiger partial charge in [0, 0.05) is 11.4 Å². The van der Waals surface area contributed by atoms with E-state index in [1.807, 2.05) is 18.2 Å². The van der Waals surface area contributed by atoms with Crippen molar-refractivity contribution in [3.63, 3.8) is 0 Å². The van der Waals surface area contributed by atoms with Crippen LogP contribution in [-0.2, 0) is 11.2 Å². The van der Waals surface area contributed by atoms with E-state index in [9.17, 15) is 4.79 Å². The first-order valence-corrected chi connectivity index (χ1v) is 9.20. The van der Waals surface area contributed by atoms with Gasteiger partial charge in [0.2, 0.25) is 5.91 Å². The molecule has 1 aromatic carbocycles. The molecule has 1 N–H and O–H groups in total. The van der Waals surface area contributed by atoms with Gasteiger partial charge in [0.1, 0.15) is 0 Å². The van der Waals surface area contributed by atoms with Gasteiger partial charge >= 0.3 is 0 Å². The Morgan fingerprint density at radius 2 is 2.00 bits per heavy atom. The molecule has 3 nitrogen and oxygen atoms in total. The number of hydrogen-bond donors (Lipinski definition) is 1. The highest BCUT2D eigenvalue weighted by atomic mass is 32.1. The van der Waals surface area contributed by atoms with Gasteiger partial charge in [-0.15, -0.1) is 11.3 Å². The molecule has 0 spiro atoms. The van der Waals surface area contributed by atoms with Crippen LogP contribution >= 0.6 is 11.3 Å². The number of likely N-dealkylation sites (tertiary alicyclic amines) is 1. The molecule has 0 bridgehead atoms. The third kappa shape index (κ3) is 4.21. The summed E-state index contributed by atoms with van der Waals surface area (Å²) in [6.45, 7) is 5.03. The molecular weight excluding hydrogens is 304 g/mol. The number of rotatable bonds is 6. The predicted molar refractivity (Wildman–Crippen MR) is 95.8 cm³/mol. The molecular formula is C19H24N2OS. The maximum Gasteiger partial charge on any atom is 0.224 e. The van der Waals surface area contributed by atoms with Crippen LogP contribution in [0.1, 0.15) is 34.9 Å². The van der Waals surface area contributed by atoms with Crippen molar-refractivity contribution in [2.45, 2.75) is 32.2 Å². The molecule has 4 heteroatoms. The van der Waals surface area contributed by atoms with Crippen LogP contribution in [-0.4, -0.2) is 30.4 Å². The second-order valence-corrected chi connectivity index (χ2v) is 7.16. The van der Waals surface area contributed by atoms with E-state index in [2.05, 4.69) is 40.7 Å². The van der Waals surface area contributed by atoms with Crippen LogP contribution in [0.25, 0.3) is 0 Å². The lowest BCUT2D eigenvalue weighted by molar-refractivity contribution is -0.120.